The molecule has 0 aliphatic heterocycles. The molecule has 0 bridgehead atoms. The number of halogens is 3. The predicted octanol–water partition coefficient (Wildman–Crippen LogP) is 4.39. The average Bonchev–Trinajstić information content (AvgIpc) is 2.33. The van der Waals surface area contributed by atoms with Crippen LogP contribution in [0.3, 0.4) is 0 Å². The minimum absolute atomic E-state index is 0.290. The Morgan fingerprint density at radius 2 is 2.11 bits per heavy atom. The number of hydrogen-bond acceptors (Lipinski definition) is 3. The zero-order valence-electron chi connectivity index (χ0n) is 9.45. The summed E-state index contributed by atoms with van der Waals surface area (Å²) in [7, 11) is 0. The van der Waals surface area contributed by atoms with Gasteiger partial charge in [0.1, 0.15) is 22.5 Å². The van der Waals surface area contributed by atoms with Crippen molar-refractivity contribution in [2.75, 3.05) is 0 Å². The Hall–Kier alpha value is -1.20. The molecule has 0 atom stereocenters. The molecule has 2 aromatic rings. The third-order valence-electron chi connectivity index (χ3n) is 2.14. The molecule has 0 saturated carbocycles. The summed E-state index contributed by atoms with van der Waals surface area (Å²) < 4.78 is 19.2. The first-order valence-corrected chi connectivity index (χ1v) is 6.42. The van der Waals surface area contributed by atoms with Gasteiger partial charge in [-0.2, -0.15) is 4.98 Å². The van der Waals surface area contributed by atoms with E-state index in [0.29, 0.717) is 27.6 Å². The van der Waals surface area contributed by atoms with Crippen LogP contribution < -0.4 is 4.74 Å². The fourth-order valence-electron chi connectivity index (χ4n) is 1.32. The van der Waals surface area contributed by atoms with Crippen LogP contribution >= 0.6 is 27.5 Å². The van der Waals surface area contributed by atoms with Crippen molar-refractivity contribution >= 4 is 27.5 Å². The van der Waals surface area contributed by atoms with E-state index in [2.05, 4.69) is 25.9 Å². The molecule has 0 saturated heterocycles. The van der Waals surface area contributed by atoms with E-state index in [1.165, 1.54) is 18.2 Å². The van der Waals surface area contributed by atoms with E-state index in [1.807, 2.05) is 6.92 Å². The molecule has 0 N–H and O–H groups in total. The molecular formula is C12H9BrClFN2O. The van der Waals surface area contributed by atoms with E-state index in [-0.39, 0.29) is 11.7 Å². The maximum atomic E-state index is 13.1. The van der Waals surface area contributed by atoms with E-state index in [4.69, 9.17) is 16.3 Å². The van der Waals surface area contributed by atoms with Gasteiger partial charge in [0.05, 0.1) is 4.47 Å². The highest BCUT2D eigenvalue weighted by molar-refractivity contribution is 9.10. The summed E-state index contributed by atoms with van der Waals surface area (Å²) in [4.78, 5) is 8.18. The lowest BCUT2D eigenvalue weighted by molar-refractivity contribution is 0.451. The van der Waals surface area contributed by atoms with Crippen molar-refractivity contribution in [3.63, 3.8) is 0 Å². The second-order valence-corrected chi connectivity index (χ2v) is 4.72. The number of hydrogen-bond donors (Lipinski definition) is 0. The summed E-state index contributed by atoms with van der Waals surface area (Å²) in [5.41, 5.74) is 0. The van der Waals surface area contributed by atoms with Crippen LogP contribution in [0, 0.1) is 5.82 Å². The lowest BCUT2D eigenvalue weighted by Crippen LogP contribution is -1.97. The molecular weight excluding hydrogens is 322 g/mol. The molecule has 1 heterocycles. The van der Waals surface area contributed by atoms with Crippen LogP contribution in [0.2, 0.25) is 5.15 Å². The van der Waals surface area contributed by atoms with Gasteiger partial charge >= 0.3 is 0 Å². The molecule has 94 valence electrons. The molecule has 0 spiro atoms. The largest absolute Gasteiger partial charge is 0.438 e. The van der Waals surface area contributed by atoms with Crippen molar-refractivity contribution in [1.82, 2.24) is 9.97 Å². The zero-order chi connectivity index (χ0) is 13.1. The number of aryl methyl sites for hydroxylation is 1. The Morgan fingerprint density at radius 3 is 2.83 bits per heavy atom. The van der Waals surface area contributed by atoms with Gasteiger partial charge in [-0.25, -0.2) is 9.37 Å². The highest BCUT2D eigenvalue weighted by atomic mass is 79.9. The van der Waals surface area contributed by atoms with Gasteiger partial charge in [0.25, 0.3) is 0 Å². The highest BCUT2D eigenvalue weighted by Crippen LogP contribution is 2.30. The topological polar surface area (TPSA) is 35.0 Å². The first-order valence-electron chi connectivity index (χ1n) is 5.25. The monoisotopic (exact) mass is 330 g/mol. The molecule has 18 heavy (non-hydrogen) atoms. The SMILES string of the molecule is CCc1nc(Cl)cc(Oc2cc(F)ccc2Br)n1. The van der Waals surface area contributed by atoms with E-state index >= 15 is 0 Å². The van der Waals surface area contributed by atoms with Crippen molar-refractivity contribution < 1.29 is 9.13 Å². The molecule has 2 rings (SSSR count). The Labute approximate surface area is 117 Å². The number of nitrogens with zero attached hydrogens (tertiary/aromatic N) is 2. The predicted molar refractivity (Wildman–Crippen MR) is 70.6 cm³/mol. The summed E-state index contributed by atoms with van der Waals surface area (Å²) in [6.07, 6.45) is 0.640. The summed E-state index contributed by atoms with van der Waals surface area (Å²) in [6.45, 7) is 1.91. The normalized spacial score (nSPS) is 10.4. The molecule has 1 aromatic carbocycles. The van der Waals surface area contributed by atoms with Crippen LogP contribution in [0.1, 0.15) is 12.7 Å². The number of ether oxygens (including phenoxy) is 1. The van der Waals surface area contributed by atoms with Crippen molar-refractivity contribution in [2.45, 2.75) is 13.3 Å². The molecule has 0 amide bonds. The summed E-state index contributed by atoms with van der Waals surface area (Å²) in [6, 6.07) is 5.65. The van der Waals surface area contributed by atoms with Gasteiger partial charge in [0.2, 0.25) is 5.88 Å². The molecule has 3 nitrogen and oxygen atoms in total. The Bertz CT molecular complexity index is 580. The molecule has 0 aliphatic rings. The minimum Gasteiger partial charge on any atom is -0.438 e. The van der Waals surface area contributed by atoms with E-state index < -0.39 is 0 Å². The lowest BCUT2D eigenvalue weighted by atomic mass is 10.3. The molecule has 6 heteroatoms. The lowest BCUT2D eigenvalue weighted by Gasteiger charge is -2.08. The first kappa shape index (κ1) is 13.2. The third kappa shape index (κ3) is 3.17. The summed E-state index contributed by atoms with van der Waals surface area (Å²) in [5.74, 6) is 0.819. The second-order valence-electron chi connectivity index (χ2n) is 3.48. The summed E-state index contributed by atoms with van der Waals surface area (Å²) >= 11 is 9.12. The van der Waals surface area contributed by atoms with Crippen LogP contribution in [-0.4, -0.2) is 9.97 Å². The third-order valence-corrected chi connectivity index (χ3v) is 2.99. The van der Waals surface area contributed by atoms with Crippen molar-refractivity contribution in [3.8, 4) is 11.6 Å². The maximum absolute atomic E-state index is 13.1. The van der Waals surface area contributed by atoms with Gasteiger partial charge in [0, 0.05) is 18.6 Å². The molecule has 0 aliphatic carbocycles. The van der Waals surface area contributed by atoms with Gasteiger partial charge in [-0.1, -0.05) is 18.5 Å². The molecule has 0 unspecified atom stereocenters. The van der Waals surface area contributed by atoms with Crippen LogP contribution in [-0.2, 0) is 6.42 Å². The maximum Gasteiger partial charge on any atom is 0.224 e. The Kier molecular flexibility index (Phi) is 4.14. The fourth-order valence-corrected chi connectivity index (χ4v) is 1.84. The minimum atomic E-state index is -0.385. The number of rotatable bonds is 3. The van der Waals surface area contributed by atoms with E-state index in [0.717, 1.165) is 0 Å². The smallest absolute Gasteiger partial charge is 0.224 e. The van der Waals surface area contributed by atoms with Crippen molar-refractivity contribution in [3.05, 3.63) is 45.5 Å². The quantitative estimate of drug-likeness (QED) is 0.783. The van der Waals surface area contributed by atoms with E-state index in [1.54, 1.807) is 6.07 Å². The van der Waals surface area contributed by atoms with Gasteiger partial charge in [-0.05, 0) is 28.1 Å². The number of aromatic nitrogens is 2. The standard InChI is InChI=1S/C12H9BrClFN2O/c1-2-11-16-10(14)6-12(17-11)18-9-5-7(15)3-4-8(9)13/h3-6H,2H2,1H3. The molecule has 0 radical (unpaired) electrons. The second kappa shape index (κ2) is 5.63. The van der Waals surface area contributed by atoms with Gasteiger partial charge in [0.15, 0.2) is 0 Å². The Balaban J connectivity index is 2.33. The van der Waals surface area contributed by atoms with Crippen molar-refractivity contribution in [1.29, 1.82) is 0 Å². The molecule has 1 aromatic heterocycles. The van der Waals surface area contributed by atoms with Crippen LogP contribution in [0.4, 0.5) is 4.39 Å². The van der Waals surface area contributed by atoms with Gasteiger partial charge in [-0.15, -0.1) is 0 Å². The van der Waals surface area contributed by atoms with Crippen LogP contribution in [0.5, 0.6) is 11.6 Å². The molecule has 0 fully saturated rings. The Morgan fingerprint density at radius 1 is 1.33 bits per heavy atom. The van der Waals surface area contributed by atoms with Gasteiger partial charge < -0.3 is 4.74 Å². The first-order chi connectivity index (χ1) is 8.58. The van der Waals surface area contributed by atoms with E-state index in [9.17, 15) is 4.39 Å². The average molecular weight is 332 g/mol. The van der Waals surface area contributed by atoms with Gasteiger partial charge in [-0.3, -0.25) is 0 Å². The van der Waals surface area contributed by atoms with Crippen molar-refractivity contribution in [2.24, 2.45) is 0 Å². The highest BCUT2D eigenvalue weighted by Gasteiger charge is 2.08. The van der Waals surface area contributed by atoms with Crippen LogP contribution in [0.15, 0.2) is 28.7 Å². The fraction of sp³-hybridized carbons (Fsp3) is 0.167. The zero-order valence-corrected chi connectivity index (χ0v) is 11.8. The number of benzene rings is 1. The summed E-state index contributed by atoms with van der Waals surface area (Å²) in [5, 5.41) is 0.296. The van der Waals surface area contributed by atoms with Crippen LogP contribution in [0.25, 0.3) is 0 Å².